The van der Waals surface area contributed by atoms with Crippen LogP contribution in [0.25, 0.3) is 0 Å². The molecule has 0 aliphatic carbocycles. The van der Waals surface area contributed by atoms with Crippen molar-refractivity contribution in [2.24, 2.45) is 0 Å². The molecule has 0 atom stereocenters. The number of nitrogens with one attached hydrogen (secondary N) is 1. The molecule has 1 aromatic carbocycles. The largest absolute Gasteiger partial charge is 0.424 e. The van der Waals surface area contributed by atoms with Crippen LogP contribution in [0.15, 0.2) is 33.6 Å². The number of aryl methyl sites for hydroxylation is 1. The molecule has 1 N–H and O–H groups in total. The molecule has 0 saturated carbocycles. The molecule has 0 aliphatic heterocycles. The summed E-state index contributed by atoms with van der Waals surface area (Å²) < 4.78 is 5.29. The van der Waals surface area contributed by atoms with Gasteiger partial charge in [0.25, 0.3) is 0 Å². The molecule has 0 fully saturated rings. The second kappa shape index (κ2) is 7.24. The third-order valence-corrected chi connectivity index (χ3v) is 3.56. The monoisotopic (exact) mass is 306 g/mol. The summed E-state index contributed by atoms with van der Waals surface area (Å²) in [6.07, 6.45) is 1.98. The van der Waals surface area contributed by atoms with Crippen molar-refractivity contribution in [1.82, 2.24) is 15.1 Å². The first-order valence-corrected chi connectivity index (χ1v) is 7.71. The third-order valence-electron chi connectivity index (χ3n) is 2.77. The highest BCUT2D eigenvalue weighted by molar-refractivity contribution is 7.98. The van der Waals surface area contributed by atoms with E-state index in [1.165, 1.54) is 0 Å². The quantitative estimate of drug-likeness (QED) is 0.825. The van der Waals surface area contributed by atoms with Gasteiger partial charge in [0.2, 0.25) is 17.7 Å². The van der Waals surface area contributed by atoms with Gasteiger partial charge >= 0.3 is 0 Å². The maximum Gasteiger partial charge on any atom is 0.238 e. The summed E-state index contributed by atoms with van der Waals surface area (Å²) in [4.78, 5) is 14.9. The molecule has 7 heteroatoms. The van der Waals surface area contributed by atoms with E-state index in [0.717, 1.165) is 10.6 Å². The summed E-state index contributed by atoms with van der Waals surface area (Å²) in [5, 5.41) is 10.6. The van der Waals surface area contributed by atoms with Crippen molar-refractivity contribution in [3.8, 4) is 0 Å². The zero-order chi connectivity index (χ0) is 15.2. The van der Waals surface area contributed by atoms with Crippen molar-refractivity contribution in [3.63, 3.8) is 0 Å². The number of para-hydroxylation sites is 1. The minimum absolute atomic E-state index is 0.0739. The summed E-state index contributed by atoms with van der Waals surface area (Å²) >= 11 is 1.60. The summed E-state index contributed by atoms with van der Waals surface area (Å²) in [5.74, 6) is 0.958. The number of rotatable bonds is 6. The van der Waals surface area contributed by atoms with Gasteiger partial charge in [-0.15, -0.1) is 22.0 Å². The van der Waals surface area contributed by atoms with Crippen LogP contribution in [-0.2, 0) is 11.3 Å². The molecule has 1 heterocycles. The van der Waals surface area contributed by atoms with E-state index >= 15 is 0 Å². The van der Waals surface area contributed by atoms with E-state index in [2.05, 4.69) is 15.5 Å². The predicted molar refractivity (Wildman–Crippen MR) is 82.2 cm³/mol. The lowest BCUT2D eigenvalue weighted by molar-refractivity contribution is -0.117. The first-order valence-electron chi connectivity index (χ1n) is 6.49. The van der Waals surface area contributed by atoms with Crippen molar-refractivity contribution in [1.29, 1.82) is 0 Å². The number of anilines is 1. The van der Waals surface area contributed by atoms with Gasteiger partial charge in [0.15, 0.2) is 0 Å². The zero-order valence-corrected chi connectivity index (χ0v) is 13.1. The van der Waals surface area contributed by atoms with Gasteiger partial charge in [-0.3, -0.25) is 9.69 Å². The molecule has 112 valence electrons. The number of likely N-dealkylation sites (N-methyl/N-ethyl adjacent to an activating group) is 1. The topological polar surface area (TPSA) is 71.3 Å². The molecule has 0 spiro atoms. The molecule has 0 bridgehead atoms. The van der Waals surface area contributed by atoms with Crippen LogP contribution in [-0.4, -0.2) is 40.9 Å². The number of hydrogen-bond donors (Lipinski definition) is 1. The lowest BCUT2D eigenvalue weighted by Crippen LogP contribution is -2.30. The minimum atomic E-state index is -0.0739. The molecule has 0 saturated heterocycles. The van der Waals surface area contributed by atoms with Gasteiger partial charge < -0.3 is 9.73 Å². The fourth-order valence-corrected chi connectivity index (χ4v) is 2.42. The fourth-order valence-electron chi connectivity index (χ4n) is 1.87. The number of carbonyl (C=O) groups is 1. The molecule has 21 heavy (non-hydrogen) atoms. The van der Waals surface area contributed by atoms with Gasteiger partial charge in [-0.2, -0.15) is 0 Å². The molecule has 1 amide bonds. The molecule has 0 unspecified atom stereocenters. The summed E-state index contributed by atoms with van der Waals surface area (Å²) in [5.41, 5.74) is 0.831. The van der Waals surface area contributed by atoms with E-state index in [4.69, 9.17) is 4.42 Å². The van der Waals surface area contributed by atoms with E-state index in [1.807, 2.05) is 42.5 Å². The normalized spacial score (nSPS) is 10.9. The predicted octanol–water partition coefficient (Wildman–Crippen LogP) is 2.17. The maximum absolute atomic E-state index is 12.1. The Morgan fingerprint density at radius 2 is 2.14 bits per heavy atom. The van der Waals surface area contributed by atoms with Crippen molar-refractivity contribution in [2.45, 2.75) is 18.4 Å². The van der Waals surface area contributed by atoms with E-state index in [9.17, 15) is 4.79 Å². The smallest absolute Gasteiger partial charge is 0.238 e. The highest BCUT2D eigenvalue weighted by Crippen LogP contribution is 2.24. The Bertz CT molecular complexity index is 615. The van der Waals surface area contributed by atoms with E-state index in [1.54, 1.807) is 18.7 Å². The van der Waals surface area contributed by atoms with Crippen LogP contribution in [0.2, 0.25) is 0 Å². The van der Waals surface area contributed by atoms with Gasteiger partial charge in [0.05, 0.1) is 18.8 Å². The van der Waals surface area contributed by atoms with Gasteiger partial charge in [-0.1, -0.05) is 12.1 Å². The van der Waals surface area contributed by atoms with Crippen LogP contribution in [0.5, 0.6) is 0 Å². The average Bonchev–Trinajstić information content (AvgIpc) is 2.84. The number of carbonyl (C=O) groups excluding carboxylic acids is 1. The Labute approximate surface area is 127 Å². The second-order valence-corrected chi connectivity index (χ2v) is 5.48. The molecule has 0 radical (unpaired) electrons. The highest BCUT2D eigenvalue weighted by Gasteiger charge is 2.12. The van der Waals surface area contributed by atoms with Crippen molar-refractivity contribution in [3.05, 3.63) is 36.0 Å². The van der Waals surface area contributed by atoms with Crippen LogP contribution in [0.1, 0.15) is 11.8 Å². The first-order chi connectivity index (χ1) is 10.1. The van der Waals surface area contributed by atoms with Crippen LogP contribution in [0, 0.1) is 6.92 Å². The standard InChI is InChI=1S/C14H18N4O2S/c1-10-16-17-14(20-10)9-18(2)8-13(19)15-11-6-4-5-7-12(11)21-3/h4-7H,8-9H2,1-3H3,(H,15,19). The zero-order valence-electron chi connectivity index (χ0n) is 12.3. The van der Waals surface area contributed by atoms with Crippen LogP contribution in [0.3, 0.4) is 0 Å². The SMILES string of the molecule is CSc1ccccc1NC(=O)CN(C)Cc1nnc(C)o1. The summed E-state index contributed by atoms with van der Waals surface area (Å²) in [6.45, 7) is 2.44. The van der Waals surface area contributed by atoms with Gasteiger partial charge in [0, 0.05) is 11.8 Å². The Morgan fingerprint density at radius 3 is 2.81 bits per heavy atom. The van der Waals surface area contributed by atoms with Crippen LogP contribution >= 0.6 is 11.8 Å². The first kappa shape index (κ1) is 15.5. The lowest BCUT2D eigenvalue weighted by Gasteiger charge is -2.15. The van der Waals surface area contributed by atoms with Crippen molar-refractivity contribution in [2.75, 3.05) is 25.2 Å². The van der Waals surface area contributed by atoms with Crippen LogP contribution in [0.4, 0.5) is 5.69 Å². The number of benzene rings is 1. The second-order valence-electron chi connectivity index (χ2n) is 4.64. The highest BCUT2D eigenvalue weighted by atomic mass is 32.2. The Morgan fingerprint density at radius 1 is 1.38 bits per heavy atom. The Balaban J connectivity index is 1.89. The average molecular weight is 306 g/mol. The molecular formula is C14H18N4O2S. The fraction of sp³-hybridized carbons (Fsp3) is 0.357. The summed E-state index contributed by atoms with van der Waals surface area (Å²) in [6, 6.07) is 7.72. The summed E-state index contributed by atoms with van der Waals surface area (Å²) in [7, 11) is 1.83. The van der Waals surface area contributed by atoms with Gasteiger partial charge in [-0.05, 0) is 25.4 Å². The third kappa shape index (κ3) is 4.57. The number of hydrogen-bond acceptors (Lipinski definition) is 6. The van der Waals surface area contributed by atoms with E-state index < -0.39 is 0 Å². The number of nitrogens with zero attached hydrogens (tertiary/aromatic N) is 3. The Hall–Kier alpha value is -1.86. The number of amides is 1. The van der Waals surface area contributed by atoms with E-state index in [0.29, 0.717) is 18.3 Å². The lowest BCUT2D eigenvalue weighted by atomic mass is 10.3. The molecule has 2 rings (SSSR count). The molecule has 6 nitrogen and oxygen atoms in total. The van der Waals surface area contributed by atoms with Crippen molar-refractivity contribution >= 4 is 23.4 Å². The molecule has 2 aromatic rings. The molecule has 1 aromatic heterocycles. The molecule has 0 aliphatic rings. The Kier molecular flexibility index (Phi) is 5.35. The van der Waals surface area contributed by atoms with Crippen LogP contribution < -0.4 is 5.32 Å². The maximum atomic E-state index is 12.1. The van der Waals surface area contributed by atoms with Crippen molar-refractivity contribution < 1.29 is 9.21 Å². The van der Waals surface area contributed by atoms with E-state index in [-0.39, 0.29) is 12.5 Å². The van der Waals surface area contributed by atoms with Gasteiger partial charge in [0.1, 0.15) is 0 Å². The van der Waals surface area contributed by atoms with Gasteiger partial charge in [-0.25, -0.2) is 0 Å². The number of aromatic nitrogens is 2. The minimum Gasteiger partial charge on any atom is -0.424 e. The number of thioether (sulfide) groups is 1. The molecular weight excluding hydrogens is 288 g/mol.